The Kier molecular flexibility index (Phi) is 21.2. The van der Waals surface area contributed by atoms with Crippen molar-refractivity contribution in [3.8, 4) is 0 Å². The molecule has 4 heteroatoms. The van der Waals surface area contributed by atoms with Crippen molar-refractivity contribution >= 4 is 33.3 Å². The van der Waals surface area contributed by atoms with Crippen molar-refractivity contribution in [3.63, 3.8) is 0 Å². The van der Waals surface area contributed by atoms with E-state index in [2.05, 4.69) is 19.1 Å². The van der Waals surface area contributed by atoms with Crippen LogP contribution in [-0.4, -0.2) is 49.6 Å². The third kappa shape index (κ3) is 20.1. The molecule has 2 N–H and O–H groups in total. The van der Waals surface area contributed by atoms with Gasteiger partial charge in [0.1, 0.15) is 0 Å². The van der Waals surface area contributed by atoms with Crippen LogP contribution in [0.3, 0.4) is 0 Å². The first-order chi connectivity index (χ1) is 10.2. The number of aliphatic hydroxyl groups is 1. The number of unbranched alkanes of at least 4 members (excludes halogenated alkanes) is 8. The van der Waals surface area contributed by atoms with Crippen LogP contribution in [0.2, 0.25) is 0 Å². The minimum absolute atomic E-state index is 0. The standard InChI is InChI=1S/C18H34O3.Pb.2H/c1-2-3-4-11-14-17(19)15-12-9-7-5-6-8-10-13-16-18(20)21;;;/h9,12,17,19H,2-8,10-11,13-16H2,1H3,(H,20,21);;;/b12-9-;;;/t17-;;;/m1.../s1. The van der Waals surface area contributed by atoms with Crippen LogP contribution in [0.25, 0.3) is 0 Å². The van der Waals surface area contributed by atoms with E-state index in [-0.39, 0.29) is 33.4 Å². The predicted molar refractivity (Wildman–Crippen MR) is 97.0 cm³/mol. The van der Waals surface area contributed by atoms with Crippen LogP contribution < -0.4 is 0 Å². The first kappa shape index (κ1) is 24.3. The molecule has 0 aliphatic carbocycles. The van der Waals surface area contributed by atoms with Crippen LogP contribution in [0.1, 0.15) is 90.4 Å². The van der Waals surface area contributed by atoms with E-state index in [0.29, 0.717) is 6.42 Å². The Bertz CT molecular complexity index is 267. The van der Waals surface area contributed by atoms with E-state index in [9.17, 15) is 9.90 Å². The van der Waals surface area contributed by atoms with Crippen molar-refractivity contribution in [1.82, 2.24) is 0 Å². The van der Waals surface area contributed by atoms with Gasteiger partial charge in [-0.1, -0.05) is 64.0 Å². The van der Waals surface area contributed by atoms with Gasteiger partial charge < -0.3 is 10.2 Å². The summed E-state index contributed by atoms with van der Waals surface area (Å²) in [7, 11) is 0. The van der Waals surface area contributed by atoms with E-state index >= 15 is 0 Å². The maximum atomic E-state index is 10.3. The first-order valence-corrected chi connectivity index (χ1v) is 8.71. The Morgan fingerprint density at radius 1 is 0.955 bits per heavy atom. The zero-order valence-corrected chi connectivity index (χ0v) is 19.9. The normalized spacial score (nSPS) is 12.3. The first-order valence-electron chi connectivity index (χ1n) is 8.71. The van der Waals surface area contributed by atoms with Gasteiger partial charge in [0.15, 0.2) is 0 Å². The zero-order valence-electron chi connectivity index (χ0n) is 14.4. The predicted octanol–water partition coefficient (Wildman–Crippen LogP) is 4.16. The summed E-state index contributed by atoms with van der Waals surface area (Å²) < 4.78 is 0. The van der Waals surface area contributed by atoms with Gasteiger partial charge in [0.25, 0.3) is 0 Å². The Morgan fingerprint density at radius 3 is 2.27 bits per heavy atom. The Hall–Kier alpha value is 0.0921. The number of carbonyl (C=O) groups is 1. The molecule has 0 saturated carbocycles. The van der Waals surface area contributed by atoms with E-state index in [1.165, 1.54) is 25.7 Å². The second-order valence-corrected chi connectivity index (χ2v) is 5.91. The fraction of sp³-hybridized carbons (Fsp3) is 0.833. The summed E-state index contributed by atoms with van der Waals surface area (Å²) in [6, 6.07) is 0. The Morgan fingerprint density at radius 2 is 1.59 bits per heavy atom. The van der Waals surface area contributed by atoms with Crippen LogP contribution in [-0.2, 0) is 4.79 Å². The molecule has 0 fully saturated rings. The summed E-state index contributed by atoms with van der Waals surface area (Å²) in [5, 5.41) is 18.3. The van der Waals surface area contributed by atoms with Gasteiger partial charge in [0.05, 0.1) is 6.10 Å². The molecular formula is C18H36O3Pb. The van der Waals surface area contributed by atoms with Gasteiger partial charge in [-0.3, -0.25) is 4.79 Å². The molecule has 0 aromatic rings. The van der Waals surface area contributed by atoms with Crippen LogP contribution in [0, 0.1) is 0 Å². The molecule has 2 radical (unpaired) electrons. The number of aliphatic carboxylic acids is 1. The van der Waals surface area contributed by atoms with Crippen molar-refractivity contribution < 1.29 is 15.0 Å². The molecule has 0 aliphatic heterocycles. The third-order valence-corrected chi connectivity index (χ3v) is 3.73. The summed E-state index contributed by atoms with van der Waals surface area (Å²) in [4.78, 5) is 10.3. The van der Waals surface area contributed by atoms with Gasteiger partial charge in [0, 0.05) is 6.42 Å². The average Bonchev–Trinajstić information content (AvgIpc) is 2.45. The molecule has 0 heterocycles. The molecule has 0 amide bonds. The molecule has 0 rings (SSSR count). The minimum atomic E-state index is -0.689. The Balaban J connectivity index is 0. The van der Waals surface area contributed by atoms with E-state index in [1.807, 2.05) is 0 Å². The molecule has 0 aromatic carbocycles. The van der Waals surface area contributed by atoms with Gasteiger partial charge in [-0.05, 0) is 32.1 Å². The van der Waals surface area contributed by atoms with Gasteiger partial charge in [-0.25, -0.2) is 0 Å². The number of carboxylic acid groups (broad SMARTS) is 1. The number of carboxylic acids is 1. The average molecular weight is 508 g/mol. The molecule has 0 unspecified atom stereocenters. The number of rotatable bonds is 15. The number of hydrogen-bond acceptors (Lipinski definition) is 2. The topological polar surface area (TPSA) is 57.5 Å². The zero-order chi connectivity index (χ0) is 15.8. The molecular weight excluding hydrogens is 471 g/mol. The van der Waals surface area contributed by atoms with Gasteiger partial charge in [0.2, 0.25) is 0 Å². The third-order valence-electron chi connectivity index (χ3n) is 3.73. The molecule has 0 aromatic heterocycles. The summed E-state index contributed by atoms with van der Waals surface area (Å²) in [6.45, 7) is 2.20. The van der Waals surface area contributed by atoms with E-state index < -0.39 is 5.97 Å². The molecule has 0 aliphatic rings. The monoisotopic (exact) mass is 508 g/mol. The number of hydrogen-bond donors (Lipinski definition) is 2. The molecule has 3 nitrogen and oxygen atoms in total. The number of allylic oxidation sites excluding steroid dienone is 1. The maximum absolute atomic E-state index is 10.3. The van der Waals surface area contributed by atoms with Crippen molar-refractivity contribution in [2.24, 2.45) is 0 Å². The summed E-state index contributed by atoms with van der Waals surface area (Å²) in [6.07, 6.45) is 17.4. The number of aliphatic hydroxyl groups excluding tert-OH is 1. The second-order valence-electron chi connectivity index (χ2n) is 5.91. The van der Waals surface area contributed by atoms with Crippen molar-refractivity contribution in [1.29, 1.82) is 0 Å². The van der Waals surface area contributed by atoms with E-state index in [0.717, 1.165) is 51.4 Å². The van der Waals surface area contributed by atoms with E-state index in [1.54, 1.807) is 0 Å². The summed E-state index contributed by atoms with van der Waals surface area (Å²) >= 11 is 0. The molecule has 0 bridgehead atoms. The van der Waals surface area contributed by atoms with Gasteiger partial charge >= 0.3 is 33.3 Å². The summed E-state index contributed by atoms with van der Waals surface area (Å²) in [5.74, 6) is -0.689. The summed E-state index contributed by atoms with van der Waals surface area (Å²) in [5.41, 5.74) is 0. The van der Waals surface area contributed by atoms with Crippen LogP contribution in [0.5, 0.6) is 0 Å². The van der Waals surface area contributed by atoms with E-state index in [4.69, 9.17) is 5.11 Å². The fourth-order valence-electron chi connectivity index (χ4n) is 2.36. The molecule has 0 spiro atoms. The SMILES string of the molecule is CCCCCC[C@@H](O)C/C=C\CCCCCCCC(=O)O.[PbH2]. The molecule has 1 atom stereocenters. The molecule has 22 heavy (non-hydrogen) atoms. The fourth-order valence-corrected chi connectivity index (χ4v) is 2.36. The van der Waals surface area contributed by atoms with Crippen LogP contribution >= 0.6 is 0 Å². The van der Waals surface area contributed by atoms with Gasteiger partial charge in [-0.2, -0.15) is 0 Å². The van der Waals surface area contributed by atoms with Crippen LogP contribution in [0.15, 0.2) is 12.2 Å². The molecule has 0 saturated heterocycles. The second kappa shape index (κ2) is 19.1. The van der Waals surface area contributed by atoms with Gasteiger partial charge in [-0.15, -0.1) is 0 Å². The molecule has 130 valence electrons. The quantitative estimate of drug-likeness (QED) is 0.199. The Labute approximate surface area is 156 Å². The van der Waals surface area contributed by atoms with Crippen molar-refractivity contribution in [3.05, 3.63) is 12.2 Å². The van der Waals surface area contributed by atoms with Crippen molar-refractivity contribution in [2.45, 2.75) is 96.5 Å². The van der Waals surface area contributed by atoms with Crippen molar-refractivity contribution in [2.75, 3.05) is 0 Å². The van der Waals surface area contributed by atoms with Crippen LogP contribution in [0.4, 0.5) is 0 Å².